The average molecular weight is 217 g/mol. The fraction of sp³-hybridized carbons (Fsp3) is 0.308. The molecule has 84 valence electrons. The minimum atomic E-state index is -0.875. The molecule has 0 amide bonds. The molecule has 0 atom stereocenters. The topological polar surface area (TPSA) is 42.2 Å². The minimum absolute atomic E-state index is 0.344. The van der Waals surface area contributed by atoms with Crippen LogP contribution in [0.2, 0.25) is 0 Å². The summed E-state index contributed by atoms with van der Waals surface area (Å²) in [5.41, 5.74) is 2.62. The number of hydrogen-bond acceptors (Lipinski definition) is 1. The van der Waals surface area contributed by atoms with Crippen LogP contribution in [0.5, 0.6) is 0 Å². The summed E-state index contributed by atoms with van der Waals surface area (Å²) >= 11 is 0. The van der Waals surface area contributed by atoms with Gasteiger partial charge in [0.05, 0.1) is 5.56 Å². The highest BCUT2D eigenvalue weighted by Gasteiger charge is 2.09. The molecule has 1 N–H and O–H groups in total. The van der Waals surface area contributed by atoms with Gasteiger partial charge in [0.15, 0.2) is 0 Å². The molecule has 1 aromatic carbocycles. The molecule has 0 bridgehead atoms. The van der Waals surface area contributed by atoms with Crippen molar-refractivity contribution in [2.75, 3.05) is 0 Å². The van der Waals surface area contributed by atoms with Gasteiger partial charge in [-0.25, -0.2) is 4.79 Å². The molecule has 0 spiro atoms. The Morgan fingerprint density at radius 3 is 2.81 bits per heavy atom. The van der Waals surface area contributed by atoms with E-state index in [1.54, 1.807) is 12.1 Å². The maximum Gasteiger partial charge on any atom is 0.335 e. The number of aromatic carboxylic acids is 1. The van der Waals surface area contributed by atoms with E-state index in [0.29, 0.717) is 5.56 Å². The fourth-order valence-corrected chi connectivity index (χ4v) is 2.07. The third kappa shape index (κ3) is 1.69. The van der Waals surface area contributed by atoms with Crippen LogP contribution in [0.15, 0.2) is 24.4 Å². The Balaban J connectivity index is 2.61. The number of hydrogen-bond donors (Lipinski definition) is 1. The van der Waals surface area contributed by atoms with Gasteiger partial charge in [0.2, 0.25) is 0 Å². The van der Waals surface area contributed by atoms with Crippen LogP contribution in [0.3, 0.4) is 0 Å². The molecule has 3 heteroatoms. The van der Waals surface area contributed by atoms with Crippen LogP contribution in [0.1, 0.15) is 29.3 Å². The fourth-order valence-electron chi connectivity index (χ4n) is 2.07. The predicted octanol–water partition coefficient (Wildman–Crippen LogP) is 2.83. The number of aromatic nitrogens is 1. The quantitative estimate of drug-likeness (QED) is 0.859. The molecular weight excluding hydrogens is 202 g/mol. The number of nitrogens with zero attached hydrogens (tertiary/aromatic N) is 1. The largest absolute Gasteiger partial charge is 0.478 e. The monoisotopic (exact) mass is 217 g/mol. The van der Waals surface area contributed by atoms with Crippen LogP contribution in [-0.4, -0.2) is 15.6 Å². The van der Waals surface area contributed by atoms with Crippen LogP contribution in [-0.2, 0) is 13.5 Å². The van der Waals surface area contributed by atoms with Crippen molar-refractivity contribution in [2.24, 2.45) is 7.05 Å². The zero-order chi connectivity index (χ0) is 11.7. The van der Waals surface area contributed by atoms with Crippen molar-refractivity contribution in [2.45, 2.75) is 19.8 Å². The standard InChI is InChI=1S/C13H15NO2/c1-3-4-10-8-14(2)12-7-9(13(15)16)5-6-11(10)12/h5-8H,3-4H2,1-2H3,(H,15,16). The summed E-state index contributed by atoms with van der Waals surface area (Å²) in [5, 5.41) is 10.1. The van der Waals surface area contributed by atoms with Crippen molar-refractivity contribution >= 4 is 16.9 Å². The van der Waals surface area contributed by atoms with Crippen molar-refractivity contribution in [1.29, 1.82) is 0 Å². The van der Waals surface area contributed by atoms with Crippen LogP contribution >= 0.6 is 0 Å². The summed E-state index contributed by atoms with van der Waals surface area (Å²) in [6, 6.07) is 5.31. The molecule has 0 saturated heterocycles. The maximum atomic E-state index is 10.9. The number of rotatable bonds is 3. The van der Waals surface area contributed by atoms with Crippen LogP contribution in [0, 0.1) is 0 Å². The zero-order valence-corrected chi connectivity index (χ0v) is 9.53. The summed E-state index contributed by atoms with van der Waals surface area (Å²) in [6.07, 6.45) is 4.21. The highest BCUT2D eigenvalue weighted by Crippen LogP contribution is 2.23. The minimum Gasteiger partial charge on any atom is -0.478 e. The molecule has 2 rings (SSSR count). The number of aryl methyl sites for hydroxylation is 2. The van der Waals surface area contributed by atoms with Crippen LogP contribution in [0.25, 0.3) is 10.9 Å². The van der Waals surface area contributed by atoms with Crippen molar-refractivity contribution in [1.82, 2.24) is 4.57 Å². The Labute approximate surface area is 94.3 Å². The van der Waals surface area contributed by atoms with E-state index in [1.165, 1.54) is 5.56 Å². The van der Waals surface area contributed by atoms with Crippen molar-refractivity contribution in [3.8, 4) is 0 Å². The summed E-state index contributed by atoms with van der Waals surface area (Å²) < 4.78 is 1.99. The molecule has 0 fully saturated rings. The number of carboxylic acids is 1. The lowest BCUT2D eigenvalue weighted by Crippen LogP contribution is -1.96. The number of benzene rings is 1. The van der Waals surface area contributed by atoms with E-state index in [1.807, 2.05) is 17.7 Å². The predicted molar refractivity (Wildman–Crippen MR) is 63.9 cm³/mol. The average Bonchev–Trinajstić information content (AvgIpc) is 2.56. The Hall–Kier alpha value is -1.77. The van der Waals surface area contributed by atoms with Crippen LogP contribution in [0.4, 0.5) is 0 Å². The third-order valence-corrected chi connectivity index (χ3v) is 2.84. The number of carbonyl (C=O) groups is 1. The van der Waals surface area contributed by atoms with Gasteiger partial charge >= 0.3 is 5.97 Å². The molecule has 1 aromatic heterocycles. The number of fused-ring (bicyclic) bond motifs is 1. The molecular formula is C13H15NO2. The second-order valence-electron chi connectivity index (χ2n) is 4.05. The normalized spacial score (nSPS) is 10.9. The van der Waals surface area contributed by atoms with Gasteiger partial charge in [0.25, 0.3) is 0 Å². The molecule has 2 aromatic rings. The Morgan fingerprint density at radius 2 is 2.19 bits per heavy atom. The molecule has 0 radical (unpaired) electrons. The van der Waals surface area contributed by atoms with Gasteiger partial charge < -0.3 is 9.67 Å². The van der Waals surface area contributed by atoms with Gasteiger partial charge in [0, 0.05) is 24.1 Å². The summed E-state index contributed by atoms with van der Waals surface area (Å²) in [5.74, 6) is -0.875. The molecule has 0 unspecified atom stereocenters. The Bertz CT molecular complexity index is 540. The van der Waals surface area contributed by atoms with E-state index >= 15 is 0 Å². The van der Waals surface area contributed by atoms with Crippen molar-refractivity contribution in [3.05, 3.63) is 35.5 Å². The maximum absolute atomic E-state index is 10.9. The highest BCUT2D eigenvalue weighted by atomic mass is 16.4. The molecule has 0 saturated carbocycles. The highest BCUT2D eigenvalue weighted by molar-refractivity contribution is 5.94. The molecule has 1 heterocycles. The lowest BCUT2D eigenvalue weighted by molar-refractivity contribution is 0.0697. The van der Waals surface area contributed by atoms with E-state index in [9.17, 15) is 4.79 Å². The van der Waals surface area contributed by atoms with Gasteiger partial charge in [-0.15, -0.1) is 0 Å². The van der Waals surface area contributed by atoms with E-state index in [2.05, 4.69) is 13.1 Å². The zero-order valence-electron chi connectivity index (χ0n) is 9.53. The Morgan fingerprint density at radius 1 is 1.44 bits per heavy atom. The number of carboxylic acid groups (broad SMARTS) is 1. The summed E-state index contributed by atoms with van der Waals surface area (Å²) in [7, 11) is 1.95. The van der Waals surface area contributed by atoms with E-state index in [4.69, 9.17) is 5.11 Å². The van der Waals surface area contributed by atoms with E-state index < -0.39 is 5.97 Å². The Kier molecular flexibility index (Phi) is 2.69. The van der Waals surface area contributed by atoms with E-state index in [0.717, 1.165) is 23.7 Å². The van der Waals surface area contributed by atoms with Gasteiger partial charge in [-0.05, 0) is 24.1 Å². The first-order chi connectivity index (χ1) is 7.63. The second-order valence-corrected chi connectivity index (χ2v) is 4.05. The SMILES string of the molecule is CCCc1cn(C)c2cc(C(=O)O)ccc12. The van der Waals surface area contributed by atoms with Gasteiger partial charge in [-0.2, -0.15) is 0 Å². The summed E-state index contributed by atoms with van der Waals surface area (Å²) in [6.45, 7) is 2.14. The molecule has 0 aliphatic heterocycles. The molecule has 3 nitrogen and oxygen atoms in total. The first kappa shape index (κ1) is 10.7. The molecule has 0 aliphatic rings. The lowest BCUT2D eigenvalue weighted by atomic mass is 10.1. The molecule has 0 aliphatic carbocycles. The van der Waals surface area contributed by atoms with Crippen molar-refractivity contribution in [3.63, 3.8) is 0 Å². The second kappa shape index (κ2) is 4.00. The summed E-state index contributed by atoms with van der Waals surface area (Å²) in [4.78, 5) is 10.9. The van der Waals surface area contributed by atoms with Gasteiger partial charge in [-0.3, -0.25) is 0 Å². The van der Waals surface area contributed by atoms with Crippen molar-refractivity contribution < 1.29 is 9.90 Å². The molecule has 16 heavy (non-hydrogen) atoms. The van der Waals surface area contributed by atoms with E-state index in [-0.39, 0.29) is 0 Å². The smallest absolute Gasteiger partial charge is 0.335 e. The first-order valence-electron chi connectivity index (χ1n) is 5.44. The van der Waals surface area contributed by atoms with Gasteiger partial charge in [0.1, 0.15) is 0 Å². The third-order valence-electron chi connectivity index (χ3n) is 2.84. The first-order valence-corrected chi connectivity index (χ1v) is 5.44. The van der Waals surface area contributed by atoms with Gasteiger partial charge in [-0.1, -0.05) is 19.4 Å². The van der Waals surface area contributed by atoms with Crippen LogP contribution < -0.4 is 0 Å². The lowest BCUT2D eigenvalue weighted by Gasteiger charge is -1.99.